The van der Waals surface area contributed by atoms with Gasteiger partial charge in [0.15, 0.2) is 11.5 Å². The van der Waals surface area contributed by atoms with E-state index in [4.69, 9.17) is 14.2 Å². The molecule has 114 valence electrons. The van der Waals surface area contributed by atoms with Gasteiger partial charge in [-0.25, -0.2) is 0 Å². The first-order valence-corrected chi connectivity index (χ1v) is 7.07. The Morgan fingerprint density at radius 1 is 1.14 bits per heavy atom. The molecule has 0 unspecified atom stereocenters. The first kappa shape index (κ1) is 14.3. The predicted octanol–water partition coefficient (Wildman–Crippen LogP) is 2.40. The van der Waals surface area contributed by atoms with Crippen LogP contribution in [0.2, 0.25) is 0 Å². The zero-order valence-corrected chi connectivity index (χ0v) is 12.3. The third-order valence-electron chi connectivity index (χ3n) is 3.39. The van der Waals surface area contributed by atoms with Gasteiger partial charge in [-0.2, -0.15) is 0 Å². The number of hydrogen-bond acceptors (Lipinski definition) is 4. The lowest BCUT2D eigenvalue weighted by Gasteiger charge is -2.18. The Morgan fingerprint density at radius 2 is 1.95 bits per heavy atom. The summed E-state index contributed by atoms with van der Waals surface area (Å²) in [6, 6.07) is 12.8. The van der Waals surface area contributed by atoms with Crippen molar-refractivity contribution >= 4 is 5.91 Å². The number of hydrogen-bond donors (Lipinski definition) is 1. The average Bonchev–Trinajstić information content (AvgIpc) is 2.59. The van der Waals surface area contributed by atoms with Gasteiger partial charge < -0.3 is 19.5 Å². The molecule has 1 amide bonds. The van der Waals surface area contributed by atoms with E-state index in [9.17, 15) is 4.79 Å². The zero-order valence-electron chi connectivity index (χ0n) is 12.3. The van der Waals surface area contributed by atoms with Crippen molar-refractivity contribution in [2.75, 3.05) is 20.3 Å². The van der Waals surface area contributed by atoms with E-state index in [-0.39, 0.29) is 5.91 Å². The smallest absolute Gasteiger partial charge is 0.251 e. The van der Waals surface area contributed by atoms with Crippen molar-refractivity contribution in [1.82, 2.24) is 5.32 Å². The zero-order chi connectivity index (χ0) is 15.4. The summed E-state index contributed by atoms with van der Waals surface area (Å²) in [5.41, 5.74) is 1.53. The Kier molecular flexibility index (Phi) is 4.14. The van der Waals surface area contributed by atoms with Gasteiger partial charge in [0, 0.05) is 12.1 Å². The van der Waals surface area contributed by atoms with Gasteiger partial charge in [-0.05, 0) is 35.9 Å². The van der Waals surface area contributed by atoms with Crippen LogP contribution >= 0.6 is 0 Å². The minimum atomic E-state index is -0.153. The number of carbonyl (C=O) groups excluding carboxylic acids is 1. The van der Waals surface area contributed by atoms with Gasteiger partial charge in [-0.15, -0.1) is 0 Å². The van der Waals surface area contributed by atoms with E-state index in [2.05, 4.69) is 5.32 Å². The number of methoxy groups -OCH3 is 1. The first-order chi connectivity index (χ1) is 10.8. The monoisotopic (exact) mass is 299 g/mol. The molecule has 1 N–H and O–H groups in total. The summed E-state index contributed by atoms with van der Waals surface area (Å²) < 4.78 is 16.1. The summed E-state index contributed by atoms with van der Waals surface area (Å²) in [6.45, 7) is 1.47. The second-order valence-electron chi connectivity index (χ2n) is 4.89. The standard InChI is InChI=1S/C17H17NO4/c1-20-14-4-2-3-12(9-14)11-18-17(19)13-5-6-15-16(10-13)22-8-7-21-15/h2-6,9-10H,7-8,11H2,1H3,(H,18,19). The highest BCUT2D eigenvalue weighted by molar-refractivity contribution is 5.94. The van der Waals surface area contributed by atoms with Crippen LogP contribution in [0.1, 0.15) is 15.9 Å². The Hall–Kier alpha value is -2.69. The Labute approximate surface area is 128 Å². The van der Waals surface area contributed by atoms with Crippen molar-refractivity contribution in [3.63, 3.8) is 0 Å². The molecular formula is C17H17NO4. The van der Waals surface area contributed by atoms with Crippen molar-refractivity contribution in [2.24, 2.45) is 0 Å². The molecule has 22 heavy (non-hydrogen) atoms. The number of benzene rings is 2. The van der Waals surface area contributed by atoms with Gasteiger partial charge in [0.2, 0.25) is 0 Å². The third kappa shape index (κ3) is 3.14. The number of rotatable bonds is 4. The summed E-state index contributed by atoms with van der Waals surface area (Å²) >= 11 is 0. The lowest BCUT2D eigenvalue weighted by Crippen LogP contribution is -2.23. The van der Waals surface area contributed by atoms with Gasteiger partial charge in [0.05, 0.1) is 7.11 Å². The van der Waals surface area contributed by atoms with E-state index in [1.165, 1.54) is 0 Å². The molecular weight excluding hydrogens is 282 g/mol. The van der Waals surface area contributed by atoms with Crippen molar-refractivity contribution in [2.45, 2.75) is 6.54 Å². The van der Waals surface area contributed by atoms with Crippen molar-refractivity contribution in [3.05, 3.63) is 53.6 Å². The maximum atomic E-state index is 12.2. The van der Waals surface area contributed by atoms with E-state index in [0.29, 0.717) is 36.8 Å². The number of fused-ring (bicyclic) bond motifs is 1. The quantitative estimate of drug-likeness (QED) is 0.942. The molecule has 0 saturated carbocycles. The van der Waals surface area contributed by atoms with Crippen LogP contribution in [-0.2, 0) is 6.54 Å². The van der Waals surface area contributed by atoms with Crippen molar-refractivity contribution in [3.8, 4) is 17.2 Å². The first-order valence-electron chi connectivity index (χ1n) is 7.07. The molecule has 0 spiro atoms. The van der Waals surface area contributed by atoms with Crippen molar-refractivity contribution < 1.29 is 19.0 Å². The van der Waals surface area contributed by atoms with Crippen LogP contribution in [-0.4, -0.2) is 26.2 Å². The molecule has 0 aliphatic carbocycles. The lowest BCUT2D eigenvalue weighted by atomic mass is 10.1. The summed E-state index contributed by atoms with van der Waals surface area (Å²) in [7, 11) is 1.62. The molecule has 2 aromatic carbocycles. The second-order valence-corrected chi connectivity index (χ2v) is 4.89. The van der Waals surface area contributed by atoms with Crippen LogP contribution in [0.4, 0.5) is 0 Å². The molecule has 0 radical (unpaired) electrons. The number of amides is 1. The Morgan fingerprint density at radius 3 is 2.77 bits per heavy atom. The maximum Gasteiger partial charge on any atom is 0.251 e. The minimum absolute atomic E-state index is 0.153. The predicted molar refractivity (Wildman–Crippen MR) is 81.6 cm³/mol. The van der Waals surface area contributed by atoms with E-state index in [1.807, 2.05) is 24.3 Å². The fourth-order valence-corrected chi connectivity index (χ4v) is 2.25. The molecule has 1 aliphatic rings. The molecule has 5 nitrogen and oxygen atoms in total. The third-order valence-corrected chi connectivity index (χ3v) is 3.39. The SMILES string of the molecule is COc1cccc(CNC(=O)c2ccc3c(c2)OCCO3)c1. The Balaban J connectivity index is 1.66. The minimum Gasteiger partial charge on any atom is -0.497 e. The fraction of sp³-hybridized carbons (Fsp3) is 0.235. The second kappa shape index (κ2) is 6.39. The maximum absolute atomic E-state index is 12.2. The van der Waals surface area contributed by atoms with Crippen LogP contribution in [0.5, 0.6) is 17.2 Å². The van der Waals surface area contributed by atoms with Crippen LogP contribution in [0.3, 0.4) is 0 Å². The largest absolute Gasteiger partial charge is 0.497 e. The van der Waals surface area contributed by atoms with Crippen LogP contribution in [0, 0.1) is 0 Å². The highest BCUT2D eigenvalue weighted by atomic mass is 16.6. The molecule has 3 rings (SSSR count). The average molecular weight is 299 g/mol. The van der Waals surface area contributed by atoms with Gasteiger partial charge in [0.25, 0.3) is 5.91 Å². The Bertz CT molecular complexity index is 684. The molecule has 0 bridgehead atoms. The lowest BCUT2D eigenvalue weighted by molar-refractivity contribution is 0.0949. The van der Waals surface area contributed by atoms with Gasteiger partial charge in [-0.1, -0.05) is 12.1 Å². The molecule has 0 atom stereocenters. The van der Waals surface area contributed by atoms with Gasteiger partial charge in [-0.3, -0.25) is 4.79 Å². The van der Waals surface area contributed by atoms with Gasteiger partial charge in [0.1, 0.15) is 19.0 Å². The summed E-state index contributed by atoms with van der Waals surface area (Å²) in [6.07, 6.45) is 0. The van der Waals surface area contributed by atoms with Gasteiger partial charge >= 0.3 is 0 Å². The normalized spacial score (nSPS) is 12.6. The van der Waals surface area contributed by atoms with E-state index < -0.39 is 0 Å². The van der Waals surface area contributed by atoms with Crippen LogP contribution in [0.25, 0.3) is 0 Å². The molecule has 1 aliphatic heterocycles. The molecule has 5 heteroatoms. The molecule has 0 fully saturated rings. The summed E-state index contributed by atoms with van der Waals surface area (Å²) in [4.78, 5) is 12.2. The van der Waals surface area contributed by atoms with E-state index in [0.717, 1.165) is 11.3 Å². The highest BCUT2D eigenvalue weighted by Crippen LogP contribution is 2.30. The van der Waals surface area contributed by atoms with E-state index in [1.54, 1.807) is 25.3 Å². The molecule has 0 aromatic heterocycles. The molecule has 0 saturated heterocycles. The number of nitrogens with one attached hydrogen (secondary N) is 1. The van der Waals surface area contributed by atoms with E-state index >= 15 is 0 Å². The van der Waals surface area contributed by atoms with Crippen LogP contribution in [0.15, 0.2) is 42.5 Å². The van der Waals surface area contributed by atoms with Crippen LogP contribution < -0.4 is 19.5 Å². The molecule has 2 aromatic rings. The van der Waals surface area contributed by atoms with Crippen molar-refractivity contribution in [1.29, 1.82) is 0 Å². The molecule has 1 heterocycles. The number of ether oxygens (including phenoxy) is 3. The summed E-state index contributed by atoms with van der Waals surface area (Å²) in [5, 5.41) is 2.88. The number of carbonyl (C=O) groups is 1. The summed E-state index contributed by atoms with van der Waals surface area (Å²) in [5.74, 6) is 1.90. The fourth-order valence-electron chi connectivity index (χ4n) is 2.25. The topological polar surface area (TPSA) is 56.8 Å². The highest BCUT2D eigenvalue weighted by Gasteiger charge is 2.14.